The highest BCUT2D eigenvalue weighted by molar-refractivity contribution is 7.71. The van der Waals surface area contributed by atoms with Crippen LogP contribution >= 0.6 is 12.2 Å². The highest BCUT2D eigenvalue weighted by Crippen LogP contribution is 2.29. The molecular formula is C15H23N3O5S. The number of nitrogens with one attached hydrogen (secondary N) is 2. The molecule has 0 aromatic carbocycles. The van der Waals surface area contributed by atoms with Gasteiger partial charge in [0.2, 0.25) is 0 Å². The lowest BCUT2D eigenvalue weighted by atomic mass is 10.1. The Bertz CT molecular complexity index is 674. The predicted molar refractivity (Wildman–Crippen MR) is 90.1 cm³/mol. The minimum absolute atomic E-state index is 0.113. The van der Waals surface area contributed by atoms with Crippen molar-refractivity contribution in [3.63, 3.8) is 0 Å². The summed E-state index contributed by atoms with van der Waals surface area (Å²) in [7, 11) is 0. The van der Waals surface area contributed by atoms with Crippen molar-refractivity contribution in [2.45, 2.75) is 37.9 Å². The second-order valence-electron chi connectivity index (χ2n) is 5.79. The maximum Gasteiger partial charge on any atom is 0.251 e. The number of aliphatic hydroxyl groups excluding tert-OH is 2. The van der Waals surface area contributed by atoms with Gasteiger partial charge in [-0.1, -0.05) is 5.57 Å². The number of hydrogen-bond donors (Lipinski definition) is 4. The molecule has 2 heterocycles. The smallest absolute Gasteiger partial charge is 0.251 e. The fourth-order valence-electron chi connectivity index (χ4n) is 2.35. The lowest BCUT2D eigenvalue weighted by Gasteiger charge is -2.18. The van der Waals surface area contributed by atoms with E-state index in [1.807, 2.05) is 6.92 Å². The number of H-pyrrole nitrogens is 1. The van der Waals surface area contributed by atoms with Gasteiger partial charge < -0.3 is 19.7 Å². The number of rotatable bonds is 8. The molecule has 4 N–H and O–H groups in total. The maximum atomic E-state index is 11.2. The van der Waals surface area contributed by atoms with Crippen LogP contribution in [0, 0.1) is 4.77 Å². The van der Waals surface area contributed by atoms with Crippen LogP contribution in [0.3, 0.4) is 0 Å². The molecule has 1 fully saturated rings. The third-order valence-electron chi connectivity index (χ3n) is 3.68. The van der Waals surface area contributed by atoms with E-state index in [1.54, 1.807) is 0 Å². The van der Waals surface area contributed by atoms with Gasteiger partial charge in [-0.05, 0) is 25.6 Å². The molecule has 0 radical (unpaired) electrons. The molecule has 1 aliphatic rings. The first-order valence-corrected chi connectivity index (χ1v) is 8.07. The van der Waals surface area contributed by atoms with Crippen molar-refractivity contribution in [2.75, 3.05) is 19.9 Å². The van der Waals surface area contributed by atoms with E-state index in [0.29, 0.717) is 6.73 Å². The minimum atomic E-state index is -1.17. The Labute approximate surface area is 144 Å². The summed E-state index contributed by atoms with van der Waals surface area (Å²) in [4.78, 5) is 13.7. The van der Waals surface area contributed by atoms with E-state index in [0.717, 1.165) is 18.5 Å². The summed E-state index contributed by atoms with van der Waals surface area (Å²) in [5.74, 6) is 0. The molecule has 1 saturated heterocycles. The fourth-order valence-corrected chi connectivity index (χ4v) is 2.61. The van der Waals surface area contributed by atoms with E-state index < -0.39 is 24.5 Å². The van der Waals surface area contributed by atoms with Gasteiger partial charge in [0.15, 0.2) is 11.0 Å². The molecule has 8 nitrogen and oxygen atoms in total. The molecule has 0 aliphatic carbocycles. The molecule has 0 bridgehead atoms. The molecule has 134 valence electrons. The summed E-state index contributed by atoms with van der Waals surface area (Å²) < 4.78 is 12.6. The van der Waals surface area contributed by atoms with Crippen molar-refractivity contribution in [3.8, 4) is 0 Å². The normalized spacial score (nSPS) is 26.6. The average Bonchev–Trinajstić information content (AvgIpc) is 2.79. The molecule has 1 aliphatic heterocycles. The van der Waals surface area contributed by atoms with Crippen molar-refractivity contribution in [2.24, 2.45) is 0 Å². The lowest BCUT2D eigenvalue weighted by molar-refractivity contribution is -0.0696. The number of aromatic nitrogens is 2. The highest BCUT2D eigenvalue weighted by atomic mass is 32.1. The first kappa shape index (κ1) is 19.0. The van der Waals surface area contributed by atoms with Crippen LogP contribution in [0.15, 0.2) is 29.2 Å². The molecular weight excluding hydrogens is 334 g/mol. The molecule has 9 heteroatoms. The Hall–Kier alpha value is -1.36. The topological polar surface area (TPSA) is 109 Å². The Morgan fingerprint density at radius 1 is 1.54 bits per heavy atom. The Morgan fingerprint density at radius 3 is 2.96 bits per heavy atom. The molecule has 4 atom stereocenters. The zero-order valence-electron chi connectivity index (χ0n) is 13.5. The zero-order valence-corrected chi connectivity index (χ0v) is 14.3. The number of hydrogen-bond acceptors (Lipinski definition) is 7. The third kappa shape index (κ3) is 4.82. The number of nitrogens with zero attached hydrogens (tertiary/aromatic N) is 1. The van der Waals surface area contributed by atoms with Crippen molar-refractivity contribution < 1.29 is 19.7 Å². The quantitative estimate of drug-likeness (QED) is 0.225. The van der Waals surface area contributed by atoms with E-state index in [1.165, 1.54) is 16.8 Å². The van der Waals surface area contributed by atoms with Crippen LogP contribution in [0.5, 0.6) is 0 Å². The second kappa shape index (κ2) is 8.65. The Morgan fingerprint density at radius 2 is 2.29 bits per heavy atom. The van der Waals surface area contributed by atoms with Crippen LogP contribution in [-0.2, 0) is 9.47 Å². The standard InChI is InChI=1S/C15H23N3O5S/c1-9(2)3-5-16-8-22-7-10-12(20)13(21)14(23-10)18-6-4-11(19)17-15(18)24/h4,6,10,12-14,16,20-21H,1,3,5,7-8H2,2H3,(H,17,19,24)/t10-,12-,13-,14-/m1/s1. The fraction of sp³-hybridized carbons (Fsp3) is 0.600. The SMILES string of the molecule is C=C(C)CCNCOC[C@H]1O[C@@H](n2ccc(=O)[nH]c2=S)[C@H](O)[C@@H]1O. The maximum absolute atomic E-state index is 11.2. The van der Waals surface area contributed by atoms with Crippen LogP contribution in [0.4, 0.5) is 0 Å². The van der Waals surface area contributed by atoms with Crippen LogP contribution in [0.25, 0.3) is 0 Å². The molecule has 24 heavy (non-hydrogen) atoms. The van der Waals surface area contributed by atoms with E-state index in [4.69, 9.17) is 21.7 Å². The van der Waals surface area contributed by atoms with E-state index in [-0.39, 0.29) is 16.9 Å². The third-order valence-corrected chi connectivity index (χ3v) is 3.99. The van der Waals surface area contributed by atoms with Crippen LogP contribution in [-0.4, -0.2) is 58.0 Å². The largest absolute Gasteiger partial charge is 0.387 e. The predicted octanol–water partition coefficient (Wildman–Crippen LogP) is 0.0550. The van der Waals surface area contributed by atoms with Gasteiger partial charge in [0, 0.05) is 18.8 Å². The first-order chi connectivity index (χ1) is 11.4. The highest BCUT2D eigenvalue weighted by Gasteiger charge is 2.43. The molecule has 0 unspecified atom stereocenters. The van der Waals surface area contributed by atoms with Crippen LogP contribution < -0.4 is 10.9 Å². The minimum Gasteiger partial charge on any atom is -0.387 e. The molecule has 1 aromatic rings. The van der Waals surface area contributed by atoms with Gasteiger partial charge in [-0.25, -0.2) is 0 Å². The molecule has 0 amide bonds. The summed E-state index contributed by atoms with van der Waals surface area (Å²) in [5.41, 5.74) is 0.741. The van der Waals surface area contributed by atoms with Crippen LogP contribution in [0.1, 0.15) is 19.6 Å². The van der Waals surface area contributed by atoms with Gasteiger partial charge in [0.05, 0.1) is 13.3 Å². The van der Waals surface area contributed by atoms with E-state index >= 15 is 0 Å². The van der Waals surface area contributed by atoms with Crippen molar-refractivity contribution in [1.82, 2.24) is 14.9 Å². The number of aromatic amines is 1. The van der Waals surface area contributed by atoms with Gasteiger partial charge >= 0.3 is 0 Å². The van der Waals surface area contributed by atoms with Gasteiger partial charge in [0.25, 0.3) is 5.56 Å². The summed E-state index contributed by atoms with van der Waals surface area (Å²) in [6, 6.07) is 1.27. The molecule has 2 rings (SSSR count). The van der Waals surface area contributed by atoms with Gasteiger partial charge in [-0.3, -0.25) is 19.7 Å². The van der Waals surface area contributed by atoms with Crippen molar-refractivity contribution in [3.05, 3.63) is 39.5 Å². The zero-order chi connectivity index (χ0) is 17.7. The molecule has 1 aromatic heterocycles. The van der Waals surface area contributed by atoms with Crippen molar-refractivity contribution >= 4 is 12.2 Å². The summed E-state index contributed by atoms with van der Waals surface area (Å²) in [5, 5.41) is 23.3. The van der Waals surface area contributed by atoms with Gasteiger partial charge in [-0.15, -0.1) is 6.58 Å². The second-order valence-corrected chi connectivity index (χ2v) is 6.17. The average molecular weight is 357 g/mol. The lowest BCUT2D eigenvalue weighted by Crippen LogP contribution is -2.35. The molecule has 0 saturated carbocycles. The first-order valence-electron chi connectivity index (χ1n) is 7.66. The Kier molecular flexibility index (Phi) is 6.84. The number of ether oxygens (including phenoxy) is 2. The van der Waals surface area contributed by atoms with Gasteiger partial charge in [-0.2, -0.15) is 0 Å². The monoisotopic (exact) mass is 357 g/mol. The molecule has 0 spiro atoms. The van der Waals surface area contributed by atoms with Crippen molar-refractivity contribution in [1.29, 1.82) is 0 Å². The van der Waals surface area contributed by atoms with Crippen LogP contribution in [0.2, 0.25) is 0 Å². The van der Waals surface area contributed by atoms with Gasteiger partial charge in [0.1, 0.15) is 18.3 Å². The van der Waals surface area contributed by atoms with E-state index in [2.05, 4.69) is 16.9 Å². The Balaban J connectivity index is 1.87. The summed E-state index contributed by atoms with van der Waals surface area (Å²) in [6.45, 7) is 6.93. The summed E-state index contributed by atoms with van der Waals surface area (Å²) in [6.07, 6.45) is -1.58. The van der Waals surface area contributed by atoms with E-state index in [9.17, 15) is 15.0 Å². The number of aliphatic hydroxyl groups is 2. The summed E-state index contributed by atoms with van der Waals surface area (Å²) >= 11 is 5.05.